The van der Waals surface area contributed by atoms with Gasteiger partial charge in [0.1, 0.15) is 0 Å². The van der Waals surface area contributed by atoms with E-state index >= 15 is 0 Å². The molecule has 0 N–H and O–H groups in total. The SMILES string of the molecule is CC(=O)c1cnn(-c2ncccc2I)c1C. The number of hydrogen-bond donors (Lipinski definition) is 0. The van der Waals surface area contributed by atoms with Gasteiger partial charge in [-0.3, -0.25) is 4.79 Å². The highest BCUT2D eigenvalue weighted by Crippen LogP contribution is 2.17. The van der Waals surface area contributed by atoms with Crippen LogP contribution in [0.2, 0.25) is 0 Å². The third-order valence-electron chi connectivity index (χ3n) is 2.33. The molecule has 0 aliphatic carbocycles. The number of carbonyl (C=O) groups is 1. The summed E-state index contributed by atoms with van der Waals surface area (Å²) in [6, 6.07) is 3.83. The molecule has 0 bridgehead atoms. The van der Waals surface area contributed by atoms with Gasteiger partial charge < -0.3 is 0 Å². The average Bonchev–Trinajstić information content (AvgIpc) is 2.61. The van der Waals surface area contributed by atoms with Gasteiger partial charge in [0.25, 0.3) is 0 Å². The molecular weight excluding hydrogens is 317 g/mol. The molecule has 0 spiro atoms. The van der Waals surface area contributed by atoms with Gasteiger partial charge in [0, 0.05) is 6.20 Å². The molecule has 0 aromatic carbocycles. The van der Waals surface area contributed by atoms with Crippen LogP contribution in [0.25, 0.3) is 5.82 Å². The van der Waals surface area contributed by atoms with E-state index in [1.807, 2.05) is 19.1 Å². The Morgan fingerprint density at radius 1 is 1.50 bits per heavy atom. The van der Waals surface area contributed by atoms with Crippen molar-refractivity contribution in [3.8, 4) is 5.82 Å². The standard InChI is InChI=1S/C11H10IN3O/c1-7-9(8(2)16)6-14-15(7)11-10(12)4-3-5-13-11/h3-6H,1-2H3. The molecule has 16 heavy (non-hydrogen) atoms. The number of hydrogen-bond acceptors (Lipinski definition) is 3. The van der Waals surface area contributed by atoms with Crippen molar-refractivity contribution >= 4 is 28.4 Å². The van der Waals surface area contributed by atoms with Gasteiger partial charge in [0.05, 0.1) is 21.0 Å². The molecule has 4 nitrogen and oxygen atoms in total. The number of nitrogens with zero attached hydrogens (tertiary/aromatic N) is 3. The van der Waals surface area contributed by atoms with Crippen molar-refractivity contribution in [2.24, 2.45) is 0 Å². The molecule has 0 unspecified atom stereocenters. The van der Waals surface area contributed by atoms with Crippen LogP contribution in [-0.4, -0.2) is 20.5 Å². The van der Waals surface area contributed by atoms with Gasteiger partial charge in [-0.05, 0) is 48.6 Å². The first-order chi connectivity index (χ1) is 7.61. The van der Waals surface area contributed by atoms with Crippen LogP contribution in [-0.2, 0) is 0 Å². The van der Waals surface area contributed by atoms with Crippen molar-refractivity contribution in [1.29, 1.82) is 0 Å². The van der Waals surface area contributed by atoms with Gasteiger partial charge in [-0.2, -0.15) is 5.10 Å². The van der Waals surface area contributed by atoms with E-state index in [1.165, 1.54) is 6.92 Å². The average molecular weight is 327 g/mol. The summed E-state index contributed by atoms with van der Waals surface area (Å²) in [6.45, 7) is 3.41. The van der Waals surface area contributed by atoms with Gasteiger partial charge >= 0.3 is 0 Å². The van der Waals surface area contributed by atoms with E-state index < -0.39 is 0 Å². The second kappa shape index (κ2) is 4.32. The summed E-state index contributed by atoms with van der Waals surface area (Å²) < 4.78 is 2.69. The fourth-order valence-corrected chi connectivity index (χ4v) is 2.08. The Morgan fingerprint density at radius 2 is 2.25 bits per heavy atom. The van der Waals surface area contributed by atoms with Gasteiger partial charge in [0.2, 0.25) is 0 Å². The molecule has 2 aromatic rings. The lowest BCUT2D eigenvalue weighted by Gasteiger charge is -2.05. The zero-order valence-electron chi connectivity index (χ0n) is 8.94. The van der Waals surface area contributed by atoms with Crippen LogP contribution >= 0.6 is 22.6 Å². The van der Waals surface area contributed by atoms with E-state index in [0.717, 1.165) is 15.1 Å². The zero-order chi connectivity index (χ0) is 11.7. The number of pyridine rings is 1. The van der Waals surface area contributed by atoms with Crippen LogP contribution in [0.5, 0.6) is 0 Å². The van der Waals surface area contributed by atoms with Crippen LogP contribution in [0.3, 0.4) is 0 Å². The molecule has 2 heterocycles. The fourth-order valence-electron chi connectivity index (χ4n) is 1.50. The predicted octanol–water partition coefficient (Wildman–Crippen LogP) is 2.38. The normalized spacial score (nSPS) is 10.4. The minimum absolute atomic E-state index is 0.0229. The maximum absolute atomic E-state index is 11.3. The van der Waals surface area contributed by atoms with E-state index in [0.29, 0.717) is 5.56 Å². The van der Waals surface area contributed by atoms with Crippen molar-refractivity contribution in [3.05, 3.63) is 39.4 Å². The highest BCUT2D eigenvalue weighted by molar-refractivity contribution is 14.1. The molecule has 82 valence electrons. The molecule has 0 atom stereocenters. The largest absolute Gasteiger partial charge is 0.294 e. The third-order valence-corrected chi connectivity index (χ3v) is 3.17. The Bertz CT molecular complexity index is 548. The minimum atomic E-state index is 0.0229. The zero-order valence-corrected chi connectivity index (χ0v) is 11.1. The van der Waals surface area contributed by atoms with E-state index in [-0.39, 0.29) is 5.78 Å². The van der Waals surface area contributed by atoms with Crippen molar-refractivity contribution in [3.63, 3.8) is 0 Å². The number of halogens is 1. The smallest absolute Gasteiger partial charge is 0.167 e. The number of carbonyl (C=O) groups excluding carboxylic acids is 1. The summed E-state index contributed by atoms with van der Waals surface area (Å²) in [5.74, 6) is 0.780. The first kappa shape index (κ1) is 11.3. The summed E-state index contributed by atoms with van der Waals surface area (Å²) in [5, 5.41) is 4.20. The summed E-state index contributed by atoms with van der Waals surface area (Å²) in [4.78, 5) is 15.6. The van der Waals surface area contributed by atoms with Gasteiger partial charge in [-0.1, -0.05) is 0 Å². The molecule has 0 fully saturated rings. The second-order valence-corrected chi connectivity index (χ2v) is 4.58. The second-order valence-electron chi connectivity index (χ2n) is 3.42. The number of Topliss-reactive ketones (excluding diaryl/α,β-unsaturated/α-hetero) is 1. The van der Waals surface area contributed by atoms with Crippen molar-refractivity contribution in [2.45, 2.75) is 13.8 Å². The Balaban J connectivity index is 2.58. The lowest BCUT2D eigenvalue weighted by atomic mass is 10.2. The maximum atomic E-state index is 11.3. The molecule has 0 radical (unpaired) electrons. The lowest BCUT2D eigenvalue weighted by molar-refractivity contribution is 0.101. The Hall–Kier alpha value is -1.24. The van der Waals surface area contributed by atoms with Crippen LogP contribution in [0.4, 0.5) is 0 Å². The number of ketones is 1. The number of rotatable bonds is 2. The van der Waals surface area contributed by atoms with Crippen LogP contribution in [0.1, 0.15) is 23.0 Å². The molecule has 5 heteroatoms. The molecule has 0 saturated carbocycles. The molecule has 2 aromatic heterocycles. The molecule has 2 rings (SSSR count). The van der Waals surface area contributed by atoms with Crippen molar-refractivity contribution in [1.82, 2.24) is 14.8 Å². The molecule has 0 aliphatic heterocycles. The Labute approximate surface area is 107 Å². The maximum Gasteiger partial charge on any atom is 0.167 e. The fraction of sp³-hybridized carbons (Fsp3) is 0.182. The quantitative estimate of drug-likeness (QED) is 0.629. The number of aromatic nitrogens is 3. The Kier molecular flexibility index (Phi) is 3.04. The van der Waals surface area contributed by atoms with Crippen LogP contribution in [0.15, 0.2) is 24.5 Å². The lowest BCUT2D eigenvalue weighted by Crippen LogP contribution is -2.05. The Morgan fingerprint density at radius 3 is 2.81 bits per heavy atom. The van der Waals surface area contributed by atoms with Gasteiger partial charge in [-0.25, -0.2) is 9.67 Å². The van der Waals surface area contributed by atoms with Gasteiger partial charge in [0.15, 0.2) is 11.6 Å². The highest BCUT2D eigenvalue weighted by atomic mass is 127. The topological polar surface area (TPSA) is 47.8 Å². The molecular formula is C11H10IN3O. The first-order valence-corrected chi connectivity index (χ1v) is 5.85. The van der Waals surface area contributed by atoms with Crippen molar-refractivity contribution in [2.75, 3.05) is 0 Å². The third kappa shape index (κ3) is 1.87. The molecule has 0 saturated heterocycles. The van der Waals surface area contributed by atoms with E-state index in [4.69, 9.17) is 0 Å². The van der Waals surface area contributed by atoms with Crippen LogP contribution in [0, 0.1) is 10.5 Å². The van der Waals surface area contributed by atoms with Gasteiger partial charge in [-0.15, -0.1) is 0 Å². The van der Waals surface area contributed by atoms with Crippen LogP contribution < -0.4 is 0 Å². The predicted molar refractivity (Wildman–Crippen MR) is 68.8 cm³/mol. The molecule has 0 amide bonds. The monoisotopic (exact) mass is 327 g/mol. The van der Waals surface area contributed by atoms with Crippen molar-refractivity contribution < 1.29 is 4.79 Å². The summed E-state index contributed by atoms with van der Waals surface area (Å²) in [5.41, 5.74) is 1.46. The minimum Gasteiger partial charge on any atom is -0.294 e. The molecule has 0 aliphatic rings. The summed E-state index contributed by atoms with van der Waals surface area (Å²) >= 11 is 2.20. The first-order valence-electron chi connectivity index (χ1n) is 4.77. The summed E-state index contributed by atoms with van der Waals surface area (Å²) in [7, 11) is 0. The van der Waals surface area contributed by atoms with E-state index in [1.54, 1.807) is 17.1 Å². The summed E-state index contributed by atoms with van der Waals surface area (Å²) in [6.07, 6.45) is 3.30. The van der Waals surface area contributed by atoms with E-state index in [9.17, 15) is 4.79 Å². The highest BCUT2D eigenvalue weighted by Gasteiger charge is 2.13. The van der Waals surface area contributed by atoms with E-state index in [2.05, 4.69) is 32.7 Å².